The molecular formula is C23H24ClN3O5. The number of fused-ring (bicyclic) bond motifs is 1. The summed E-state index contributed by atoms with van der Waals surface area (Å²) in [6.45, 7) is 4.52. The quantitative estimate of drug-likeness (QED) is 0.752. The van der Waals surface area contributed by atoms with Crippen LogP contribution in [0.15, 0.2) is 53.5 Å². The van der Waals surface area contributed by atoms with Gasteiger partial charge in [-0.3, -0.25) is 19.4 Å². The van der Waals surface area contributed by atoms with E-state index in [0.29, 0.717) is 27.5 Å². The summed E-state index contributed by atoms with van der Waals surface area (Å²) in [5.41, 5.74) is 1.12. The van der Waals surface area contributed by atoms with Crippen LogP contribution in [-0.2, 0) is 14.3 Å². The number of likely N-dealkylation sites (N-methyl/N-ethyl adjacent to an activating group) is 1. The van der Waals surface area contributed by atoms with Gasteiger partial charge in [0.2, 0.25) is 6.17 Å². The molecule has 9 heteroatoms. The van der Waals surface area contributed by atoms with Gasteiger partial charge in [-0.15, -0.1) is 0 Å². The van der Waals surface area contributed by atoms with E-state index in [-0.39, 0.29) is 0 Å². The number of anilines is 1. The third kappa shape index (κ3) is 5.08. The van der Waals surface area contributed by atoms with E-state index in [2.05, 4.69) is 4.99 Å². The molecule has 2 amide bonds. The lowest BCUT2D eigenvalue weighted by Gasteiger charge is -2.30. The van der Waals surface area contributed by atoms with Gasteiger partial charge >= 0.3 is 12.1 Å². The molecule has 1 N–H and O–H groups in total. The van der Waals surface area contributed by atoms with Crippen LogP contribution in [0.25, 0.3) is 0 Å². The number of aliphatic imine (C=N–C) groups is 1. The molecule has 8 nitrogen and oxygen atoms in total. The van der Waals surface area contributed by atoms with Crippen LogP contribution in [0.2, 0.25) is 5.02 Å². The molecule has 1 unspecified atom stereocenters. The lowest BCUT2D eigenvalue weighted by atomic mass is 10.00. The molecule has 0 fully saturated rings. The first-order chi connectivity index (χ1) is 15.0. The number of nitrogens with zero attached hydrogens (tertiary/aromatic N) is 3. The van der Waals surface area contributed by atoms with Gasteiger partial charge in [-0.05, 0) is 39.0 Å². The number of rotatable bonds is 4. The van der Waals surface area contributed by atoms with Crippen molar-refractivity contribution in [1.29, 1.82) is 0 Å². The van der Waals surface area contributed by atoms with E-state index in [9.17, 15) is 19.5 Å². The van der Waals surface area contributed by atoms with Crippen molar-refractivity contribution >= 4 is 41.0 Å². The minimum atomic E-state index is -1.34. The minimum Gasteiger partial charge on any atom is -0.480 e. The fraction of sp³-hybridized carbons (Fsp3) is 0.304. The summed E-state index contributed by atoms with van der Waals surface area (Å²) in [6, 6.07) is 13.9. The van der Waals surface area contributed by atoms with Crippen molar-refractivity contribution in [3.63, 3.8) is 0 Å². The second-order valence-corrected chi connectivity index (χ2v) is 8.72. The zero-order valence-electron chi connectivity index (χ0n) is 18.2. The summed E-state index contributed by atoms with van der Waals surface area (Å²) in [7, 11) is 1.39. The number of amides is 2. The SMILES string of the molecule is CN(C(=O)OC(C)(C)C)C1N=C(c2ccccc2)c2cc(Cl)ccc2N(CC(=O)O)C1=O. The minimum absolute atomic E-state index is 0.337. The van der Waals surface area contributed by atoms with Gasteiger partial charge in [-0.25, -0.2) is 9.79 Å². The third-order valence-electron chi connectivity index (χ3n) is 4.63. The van der Waals surface area contributed by atoms with Crippen LogP contribution in [0.4, 0.5) is 10.5 Å². The first kappa shape index (κ1) is 23.3. The molecule has 1 atom stereocenters. The van der Waals surface area contributed by atoms with Crippen molar-refractivity contribution in [2.45, 2.75) is 32.5 Å². The Balaban J connectivity index is 2.21. The van der Waals surface area contributed by atoms with Crippen molar-refractivity contribution in [2.75, 3.05) is 18.5 Å². The Morgan fingerprint density at radius 2 is 1.84 bits per heavy atom. The molecule has 1 heterocycles. The average molecular weight is 458 g/mol. The number of halogens is 1. The highest BCUT2D eigenvalue weighted by Gasteiger charge is 2.38. The normalized spacial score (nSPS) is 16.0. The van der Waals surface area contributed by atoms with Gasteiger partial charge in [-0.1, -0.05) is 41.9 Å². The van der Waals surface area contributed by atoms with Gasteiger partial charge in [0.1, 0.15) is 12.1 Å². The number of carbonyl (C=O) groups is 3. The van der Waals surface area contributed by atoms with E-state index in [0.717, 1.165) is 9.80 Å². The van der Waals surface area contributed by atoms with Crippen molar-refractivity contribution in [2.24, 2.45) is 4.99 Å². The summed E-state index contributed by atoms with van der Waals surface area (Å²) in [6.07, 6.45) is -2.10. The monoisotopic (exact) mass is 457 g/mol. The molecule has 0 radical (unpaired) electrons. The maximum atomic E-state index is 13.5. The molecule has 2 aromatic carbocycles. The Hall–Kier alpha value is -3.39. The fourth-order valence-electron chi connectivity index (χ4n) is 3.25. The van der Waals surface area contributed by atoms with E-state index < -0.39 is 36.3 Å². The van der Waals surface area contributed by atoms with E-state index >= 15 is 0 Å². The molecule has 3 rings (SSSR count). The lowest BCUT2D eigenvalue weighted by Crippen LogP contribution is -2.50. The maximum absolute atomic E-state index is 13.5. The van der Waals surface area contributed by atoms with Gasteiger partial charge in [-0.2, -0.15) is 0 Å². The van der Waals surface area contributed by atoms with Crippen molar-refractivity contribution in [3.8, 4) is 0 Å². The number of benzodiazepines with no additional fused rings is 1. The maximum Gasteiger partial charge on any atom is 0.412 e. The Labute approximate surface area is 191 Å². The number of hydrogen-bond donors (Lipinski definition) is 1. The number of benzene rings is 2. The zero-order chi connectivity index (χ0) is 23.6. The van der Waals surface area contributed by atoms with Crippen molar-refractivity contribution in [3.05, 3.63) is 64.7 Å². The topological polar surface area (TPSA) is 99.5 Å². The number of aliphatic carboxylic acids is 1. The van der Waals surface area contributed by atoms with Gasteiger partial charge in [0.25, 0.3) is 5.91 Å². The smallest absolute Gasteiger partial charge is 0.412 e. The Morgan fingerprint density at radius 1 is 1.19 bits per heavy atom. The predicted octanol–water partition coefficient (Wildman–Crippen LogP) is 3.80. The summed E-state index contributed by atoms with van der Waals surface area (Å²) >= 11 is 6.24. The summed E-state index contributed by atoms with van der Waals surface area (Å²) in [4.78, 5) is 44.6. The Bertz CT molecular complexity index is 1080. The molecule has 0 aromatic heterocycles. The predicted molar refractivity (Wildman–Crippen MR) is 121 cm³/mol. The highest BCUT2D eigenvalue weighted by molar-refractivity contribution is 6.32. The van der Waals surface area contributed by atoms with E-state index in [1.54, 1.807) is 39.0 Å². The molecular weight excluding hydrogens is 434 g/mol. The number of carboxylic acids is 1. The van der Waals surface area contributed by atoms with E-state index in [1.165, 1.54) is 7.05 Å². The van der Waals surface area contributed by atoms with Crippen LogP contribution in [0.5, 0.6) is 0 Å². The molecule has 2 aromatic rings. The van der Waals surface area contributed by atoms with Crippen LogP contribution in [0, 0.1) is 0 Å². The summed E-state index contributed by atoms with van der Waals surface area (Å²) in [5, 5.41) is 9.86. The molecule has 0 spiro atoms. The highest BCUT2D eigenvalue weighted by atomic mass is 35.5. The van der Waals surface area contributed by atoms with Crippen LogP contribution in [0.1, 0.15) is 31.9 Å². The number of ether oxygens (including phenoxy) is 1. The zero-order valence-corrected chi connectivity index (χ0v) is 19.0. The molecule has 0 aliphatic carbocycles. The highest BCUT2D eigenvalue weighted by Crippen LogP contribution is 2.31. The molecule has 0 bridgehead atoms. The van der Waals surface area contributed by atoms with Crippen LogP contribution < -0.4 is 4.90 Å². The molecule has 168 valence electrons. The molecule has 32 heavy (non-hydrogen) atoms. The van der Waals surface area contributed by atoms with Crippen LogP contribution in [-0.4, -0.2) is 59.0 Å². The first-order valence-corrected chi connectivity index (χ1v) is 10.3. The molecule has 0 saturated carbocycles. The van der Waals surface area contributed by atoms with Crippen LogP contribution >= 0.6 is 11.6 Å². The van der Waals surface area contributed by atoms with Gasteiger partial charge < -0.3 is 9.84 Å². The van der Waals surface area contributed by atoms with E-state index in [1.807, 2.05) is 30.3 Å². The van der Waals surface area contributed by atoms with Gasteiger partial charge in [0.05, 0.1) is 11.4 Å². The second-order valence-electron chi connectivity index (χ2n) is 8.29. The largest absolute Gasteiger partial charge is 0.480 e. The van der Waals surface area contributed by atoms with Gasteiger partial charge in [0.15, 0.2) is 0 Å². The average Bonchev–Trinajstić information content (AvgIpc) is 2.82. The van der Waals surface area contributed by atoms with E-state index in [4.69, 9.17) is 16.3 Å². The second kappa shape index (κ2) is 9.00. The Morgan fingerprint density at radius 3 is 2.44 bits per heavy atom. The summed E-state index contributed by atoms with van der Waals surface area (Å²) < 4.78 is 5.40. The third-order valence-corrected chi connectivity index (χ3v) is 4.87. The lowest BCUT2D eigenvalue weighted by molar-refractivity contribution is -0.137. The van der Waals surface area contributed by atoms with Crippen molar-refractivity contribution < 1.29 is 24.2 Å². The fourth-order valence-corrected chi connectivity index (χ4v) is 3.42. The molecule has 1 aliphatic rings. The molecule has 0 saturated heterocycles. The van der Waals surface area contributed by atoms with Crippen LogP contribution in [0.3, 0.4) is 0 Å². The summed E-state index contributed by atoms with van der Waals surface area (Å²) in [5.74, 6) is -1.88. The van der Waals surface area contributed by atoms with Gasteiger partial charge in [0, 0.05) is 23.2 Å². The number of carbonyl (C=O) groups excluding carboxylic acids is 2. The first-order valence-electron chi connectivity index (χ1n) is 9.90. The Kier molecular flexibility index (Phi) is 6.55. The number of hydrogen-bond acceptors (Lipinski definition) is 5. The van der Waals surface area contributed by atoms with Crippen molar-refractivity contribution in [1.82, 2.24) is 4.90 Å². The molecule has 1 aliphatic heterocycles. The number of carboxylic acid groups (broad SMARTS) is 1. The standard InChI is InChI=1S/C23H24ClN3O5/c1-23(2,3)32-22(31)26(4)20-21(30)27(13-18(28)29)17-11-10-15(24)12-16(17)19(25-20)14-8-6-5-7-9-14/h5-12,20H,13H2,1-4H3,(H,28,29).